The van der Waals surface area contributed by atoms with Gasteiger partial charge in [0.25, 0.3) is 17.7 Å². The van der Waals surface area contributed by atoms with Crippen LogP contribution in [0.15, 0.2) is 12.1 Å². The summed E-state index contributed by atoms with van der Waals surface area (Å²) >= 11 is 0. The molecule has 0 saturated carbocycles. The number of ether oxygens (including phenoxy) is 2. The first-order valence-corrected chi connectivity index (χ1v) is 8.09. The lowest BCUT2D eigenvalue weighted by Gasteiger charge is -2.34. The number of nitrogens with two attached hydrogens (primary N) is 1. The molecule has 0 radical (unpaired) electrons. The molecule has 0 aliphatic carbocycles. The summed E-state index contributed by atoms with van der Waals surface area (Å²) in [5.41, 5.74) is 6.16. The summed E-state index contributed by atoms with van der Waals surface area (Å²) in [6.07, 6.45) is 0.149. The minimum atomic E-state index is -1.04. The molecule has 138 valence electrons. The smallest absolute Gasteiger partial charge is 0.264 e. The number of hydrogen-bond donors (Lipinski definition) is 1. The predicted octanol–water partition coefficient (Wildman–Crippen LogP) is 0.0374. The zero-order valence-electron chi connectivity index (χ0n) is 14.5. The van der Waals surface area contributed by atoms with Crippen LogP contribution in [0.5, 0.6) is 5.75 Å². The van der Waals surface area contributed by atoms with E-state index in [-0.39, 0.29) is 54.5 Å². The van der Waals surface area contributed by atoms with Gasteiger partial charge in [-0.1, -0.05) is 0 Å². The van der Waals surface area contributed by atoms with Crippen LogP contribution in [0.4, 0.5) is 5.69 Å². The Hall–Kier alpha value is -2.94. The fourth-order valence-electron chi connectivity index (χ4n) is 3.29. The topological polar surface area (TPSA) is 119 Å². The number of fused-ring (bicyclic) bond motifs is 1. The second kappa shape index (κ2) is 6.75. The Morgan fingerprint density at radius 3 is 2.54 bits per heavy atom. The minimum Gasteiger partial charge on any atom is -0.495 e. The first-order chi connectivity index (χ1) is 12.4. The molecule has 1 atom stereocenters. The molecular formula is C17H19N3O6. The Labute approximate surface area is 149 Å². The van der Waals surface area contributed by atoms with E-state index in [0.717, 1.165) is 9.80 Å². The van der Waals surface area contributed by atoms with Gasteiger partial charge in [-0.15, -0.1) is 0 Å². The van der Waals surface area contributed by atoms with Crippen LogP contribution in [0.3, 0.4) is 0 Å². The number of benzene rings is 1. The number of carbonyl (C=O) groups is 4. The van der Waals surface area contributed by atoms with Gasteiger partial charge in [-0.05, 0) is 18.6 Å². The van der Waals surface area contributed by atoms with Gasteiger partial charge in [-0.3, -0.25) is 29.0 Å². The van der Waals surface area contributed by atoms with Crippen LogP contribution in [-0.4, -0.2) is 66.8 Å². The zero-order valence-corrected chi connectivity index (χ0v) is 14.5. The van der Waals surface area contributed by atoms with E-state index in [9.17, 15) is 19.2 Å². The standard InChI is InChI=1S/C17H19N3O6/c1-25-8-7-19-12(21)6-4-10(16(19)23)20-15(22)9-3-5-11(26-2)14(18)13(9)17(20)24/h3,5,10H,4,6-8,18H2,1-2H3. The lowest BCUT2D eigenvalue weighted by molar-refractivity contribution is -0.152. The van der Waals surface area contributed by atoms with Crippen LogP contribution in [0, 0.1) is 0 Å². The van der Waals surface area contributed by atoms with Crippen molar-refractivity contribution in [2.75, 3.05) is 33.1 Å². The van der Waals surface area contributed by atoms with E-state index in [0.29, 0.717) is 0 Å². The maximum absolute atomic E-state index is 12.8. The lowest BCUT2D eigenvalue weighted by Crippen LogP contribution is -2.56. The van der Waals surface area contributed by atoms with E-state index in [2.05, 4.69) is 0 Å². The van der Waals surface area contributed by atoms with Crippen molar-refractivity contribution < 1.29 is 28.7 Å². The maximum Gasteiger partial charge on any atom is 0.264 e. The number of piperidine rings is 1. The van der Waals surface area contributed by atoms with E-state index in [4.69, 9.17) is 15.2 Å². The molecule has 1 unspecified atom stereocenters. The summed E-state index contributed by atoms with van der Waals surface area (Å²) < 4.78 is 10.0. The maximum atomic E-state index is 12.8. The molecule has 1 fully saturated rings. The Morgan fingerprint density at radius 1 is 1.15 bits per heavy atom. The average molecular weight is 361 g/mol. The van der Waals surface area contributed by atoms with Crippen LogP contribution in [0.2, 0.25) is 0 Å². The molecule has 0 bridgehead atoms. The lowest BCUT2D eigenvalue weighted by atomic mass is 10.0. The van der Waals surface area contributed by atoms with Crippen molar-refractivity contribution in [1.29, 1.82) is 0 Å². The molecule has 1 aromatic carbocycles. The summed E-state index contributed by atoms with van der Waals surface area (Å²) in [5.74, 6) is -1.91. The van der Waals surface area contributed by atoms with Crippen LogP contribution >= 0.6 is 0 Å². The van der Waals surface area contributed by atoms with Crippen molar-refractivity contribution in [1.82, 2.24) is 9.80 Å². The van der Waals surface area contributed by atoms with Gasteiger partial charge in [0, 0.05) is 13.5 Å². The van der Waals surface area contributed by atoms with Gasteiger partial charge in [0.1, 0.15) is 11.8 Å². The number of carbonyl (C=O) groups excluding carboxylic acids is 4. The summed E-state index contributed by atoms with van der Waals surface area (Å²) in [6, 6.07) is 1.91. The Kier molecular flexibility index (Phi) is 4.64. The highest BCUT2D eigenvalue weighted by molar-refractivity contribution is 6.25. The number of likely N-dealkylation sites (tertiary alicyclic amines) is 1. The van der Waals surface area contributed by atoms with E-state index >= 15 is 0 Å². The van der Waals surface area contributed by atoms with Crippen LogP contribution in [-0.2, 0) is 14.3 Å². The number of rotatable bonds is 5. The number of methoxy groups -OCH3 is 2. The van der Waals surface area contributed by atoms with Crippen molar-refractivity contribution in [2.45, 2.75) is 18.9 Å². The first kappa shape index (κ1) is 17.9. The third-order valence-corrected chi connectivity index (χ3v) is 4.62. The number of amides is 4. The third kappa shape index (κ3) is 2.60. The summed E-state index contributed by atoms with van der Waals surface area (Å²) in [6.45, 7) is 0.250. The molecule has 0 spiro atoms. The van der Waals surface area contributed by atoms with Crippen molar-refractivity contribution >= 4 is 29.3 Å². The van der Waals surface area contributed by atoms with Gasteiger partial charge < -0.3 is 15.2 Å². The van der Waals surface area contributed by atoms with Gasteiger partial charge in [0.2, 0.25) is 5.91 Å². The minimum absolute atomic E-state index is 0.0301. The Balaban J connectivity index is 1.94. The monoisotopic (exact) mass is 361 g/mol. The highest BCUT2D eigenvalue weighted by Gasteiger charge is 2.47. The van der Waals surface area contributed by atoms with Crippen molar-refractivity contribution in [3.05, 3.63) is 23.3 Å². The Bertz CT molecular complexity index is 806. The van der Waals surface area contributed by atoms with Gasteiger partial charge in [-0.2, -0.15) is 0 Å². The SMILES string of the molecule is COCCN1C(=O)CCC(N2C(=O)c3ccc(OC)c(N)c3C2=O)C1=O. The van der Waals surface area contributed by atoms with E-state index in [1.807, 2.05) is 0 Å². The number of nitrogen functional groups attached to an aromatic ring is 1. The largest absolute Gasteiger partial charge is 0.495 e. The molecule has 4 amide bonds. The summed E-state index contributed by atoms with van der Waals surface area (Å²) in [5, 5.41) is 0. The molecule has 9 nitrogen and oxygen atoms in total. The zero-order chi connectivity index (χ0) is 19.0. The second-order valence-electron chi connectivity index (χ2n) is 6.02. The van der Waals surface area contributed by atoms with Crippen molar-refractivity contribution in [3.63, 3.8) is 0 Å². The van der Waals surface area contributed by atoms with Crippen molar-refractivity contribution in [3.8, 4) is 5.75 Å². The normalized spacial score (nSPS) is 20.0. The molecule has 2 aliphatic heterocycles. The number of anilines is 1. The first-order valence-electron chi connectivity index (χ1n) is 8.09. The highest BCUT2D eigenvalue weighted by Crippen LogP contribution is 2.36. The summed E-state index contributed by atoms with van der Waals surface area (Å²) in [7, 11) is 2.86. The average Bonchev–Trinajstić information content (AvgIpc) is 2.87. The fourth-order valence-corrected chi connectivity index (χ4v) is 3.29. The number of imide groups is 2. The van der Waals surface area contributed by atoms with Crippen LogP contribution < -0.4 is 10.5 Å². The molecule has 26 heavy (non-hydrogen) atoms. The molecule has 9 heteroatoms. The van der Waals surface area contributed by atoms with Crippen LogP contribution in [0.25, 0.3) is 0 Å². The fraction of sp³-hybridized carbons (Fsp3) is 0.412. The van der Waals surface area contributed by atoms with Gasteiger partial charge >= 0.3 is 0 Å². The van der Waals surface area contributed by atoms with E-state index in [1.54, 1.807) is 0 Å². The molecule has 2 N–H and O–H groups in total. The highest BCUT2D eigenvalue weighted by atomic mass is 16.5. The number of hydrogen-bond acceptors (Lipinski definition) is 7. The second-order valence-corrected chi connectivity index (χ2v) is 6.02. The summed E-state index contributed by atoms with van der Waals surface area (Å²) in [4.78, 5) is 52.2. The van der Waals surface area contributed by atoms with E-state index < -0.39 is 23.8 Å². The van der Waals surface area contributed by atoms with Crippen LogP contribution in [0.1, 0.15) is 33.6 Å². The predicted molar refractivity (Wildman–Crippen MR) is 89.5 cm³/mol. The number of nitrogens with zero attached hydrogens (tertiary/aromatic N) is 2. The molecule has 2 aliphatic rings. The quantitative estimate of drug-likeness (QED) is 0.581. The van der Waals surface area contributed by atoms with E-state index in [1.165, 1.54) is 26.4 Å². The third-order valence-electron chi connectivity index (χ3n) is 4.62. The van der Waals surface area contributed by atoms with Gasteiger partial charge in [0.15, 0.2) is 0 Å². The Morgan fingerprint density at radius 2 is 1.88 bits per heavy atom. The van der Waals surface area contributed by atoms with Crippen molar-refractivity contribution in [2.24, 2.45) is 0 Å². The molecule has 1 aromatic rings. The molecular weight excluding hydrogens is 342 g/mol. The molecule has 2 heterocycles. The molecule has 0 aromatic heterocycles. The molecule has 1 saturated heterocycles. The van der Waals surface area contributed by atoms with Gasteiger partial charge in [0.05, 0.1) is 37.1 Å². The molecule has 3 rings (SSSR count). The van der Waals surface area contributed by atoms with Gasteiger partial charge in [-0.25, -0.2) is 0 Å².